The topological polar surface area (TPSA) is 43.4 Å². The maximum absolute atomic E-state index is 11.5. The number of cyclic esters (lactones) is 2. The first kappa shape index (κ1) is 15.9. The second-order valence-corrected chi connectivity index (χ2v) is 6.41. The SMILES string of the molecule is C/C(=C\[C@@H](C)C[C@@H](C)CC(C)C)[C@@H]1CC(=O)OC1=O. The quantitative estimate of drug-likeness (QED) is 0.418. The molecule has 0 saturated carbocycles. The Labute approximate surface area is 116 Å². The summed E-state index contributed by atoms with van der Waals surface area (Å²) in [5.41, 5.74) is 0.972. The van der Waals surface area contributed by atoms with Gasteiger partial charge in [-0.1, -0.05) is 39.3 Å². The summed E-state index contributed by atoms with van der Waals surface area (Å²) in [6, 6.07) is 0. The van der Waals surface area contributed by atoms with E-state index in [9.17, 15) is 9.59 Å². The van der Waals surface area contributed by atoms with E-state index in [0.29, 0.717) is 11.8 Å². The van der Waals surface area contributed by atoms with Crippen LogP contribution in [0.3, 0.4) is 0 Å². The molecule has 0 aromatic rings. The first-order valence-electron chi connectivity index (χ1n) is 7.22. The Bertz CT molecular complexity index is 368. The average Bonchev–Trinajstić information content (AvgIpc) is 2.55. The van der Waals surface area contributed by atoms with Gasteiger partial charge >= 0.3 is 11.9 Å². The zero-order chi connectivity index (χ0) is 14.6. The van der Waals surface area contributed by atoms with Crippen LogP contribution in [0.25, 0.3) is 0 Å². The van der Waals surface area contributed by atoms with Gasteiger partial charge in [0, 0.05) is 0 Å². The van der Waals surface area contributed by atoms with Crippen LogP contribution in [0.15, 0.2) is 11.6 Å². The van der Waals surface area contributed by atoms with E-state index in [1.54, 1.807) is 0 Å². The lowest BCUT2D eigenvalue weighted by Gasteiger charge is -2.17. The number of hydrogen-bond donors (Lipinski definition) is 0. The Hall–Kier alpha value is -1.12. The molecule has 3 heteroatoms. The molecule has 1 saturated heterocycles. The van der Waals surface area contributed by atoms with E-state index in [1.807, 2.05) is 6.92 Å². The van der Waals surface area contributed by atoms with Crippen molar-refractivity contribution in [1.82, 2.24) is 0 Å². The van der Waals surface area contributed by atoms with Crippen molar-refractivity contribution < 1.29 is 14.3 Å². The van der Waals surface area contributed by atoms with Crippen molar-refractivity contribution in [3.05, 3.63) is 11.6 Å². The molecular weight excluding hydrogens is 240 g/mol. The number of allylic oxidation sites excluding steroid dienone is 1. The Morgan fingerprint density at radius 3 is 2.37 bits per heavy atom. The fourth-order valence-corrected chi connectivity index (χ4v) is 2.99. The van der Waals surface area contributed by atoms with Gasteiger partial charge in [-0.05, 0) is 37.5 Å². The third-order valence-electron chi connectivity index (χ3n) is 3.61. The van der Waals surface area contributed by atoms with Crippen molar-refractivity contribution in [3.8, 4) is 0 Å². The van der Waals surface area contributed by atoms with Gasteiger partial charge in [0.25, 0.3) is 0 Å². The molecule has 1 aliphatic heterocycles. The molecule has 0 unspecified atom stereocenters. The molecule has 0 radical (unpaired) electrons. The standard InChI is InChI=1S/C16H26O3/c1-10(2)6-11(3)7-12(4)8-13(5)14-9-15(17)19-16(14)18/h8,10-12,14H,6-7,9H2,1-5H3/b13-8+/t11-,12-,14-/m0/s1. The van der Waals surface area contributed by atoms with Crippen LogP contribution in [0.2, 0.25) is 0 Å². The third-order valence-corrected chi connectivity index (χ3v) is 3.61. The van der Waals surface area contributed by atoms with Crippen molar-refractivity contribution in [1.29, 1.82) is 0 Å². The molecule has 0 bridgehead atoms. The molecule has 108 valence electrons. The molecule has 0 amide bonds. The van der Waals surface area contributed by atoms with Crippen LogP contribution in [-0.2, 0) is 14.3 Å². The summed E-state index contributed by atoms with van der Waals surface area (Å²) in [5, 5.41) is 0. The van der Waals surface area contributed by atoms with Crippen LogP contribution in [0.4, 0.5) is 0 Å². The van der Waals surface area contributed by atoms with E-state index < -0.39 is 5.97 Å². The predicted octanol–water partition coefficient (Wildman–Crippen LogP) is 3.73. The molecule has 3 nitrogen and oxygen atoms in total. The van der Waals surface area contributed by atoms with Crippen molar-refractivity contribution in [3.63, 3.8) is 0 Å². The second-order valence-electron chi connectivity index (χ2n) is 6.41. The van der Waals surface area contributed by atoms with Gasteiger partial charge in [-0.25, -0.2) is 0 Å². The molecule has 19 heavy (non-hydrogen) atoms. The maximum atomic E-state index is 11.5. The van der Waals surface area contributed by atoms with Crippen LogP contribution in [0.1, 0.15) is 53.9 Å². The van der Waals surface area contributed by atoms with E-state index >= 15 is 0 Å². The molecule has 1 heterocycles. The van der Waals surface area contributed by atoms with Crippen molar-refractivity contribution >= 4 is 11.9 Å². The molecule has 0 N–H and O–H groups in total. The highest BCUT2D eigenvalue weighted by atomic mass is 16.6. The largest absolute Gasteiger partial charge is 0.393 e. The number of rotatable bonds is 6. The minimum Gasteiger partial charge on any atom is -0.393 e. The summed E-state index contributed by atoms with van der Waals surface area (Å²) < 4.78 is 4.59. The molecule has 1 rings (SSSR count). The summed E-state index contributed by atoms with van der Waals surface area (Å²) in [7, 11) is 0. The van der Waals surface area contributed by atoms with E-state index in [2.05, 4.69) is 38.5 Å². The first-order chi connectivity index (χ1) is 8.79. The Morgan fingerprint density at radius 2 is 1.89 bits per heavy atom. The molecule has 1 fully saturated rings. The monoisotopic (exact) mass is 266 g/mol. The van der Waals surface area contributed by atoms with Crippen LogP contribution in [0, 0.1) is 23.7 Å². The van der Waals surface area contributed by atoms with E-state index in [-0.39, 0.29) is 18.3 Å². The molecular formula is C16H26O3. The fourth-order valence-electron chi connectivity index (χ4n) is 2.99. The van der Waals surface area contributed by atoms with Crippen molar-refractivity contribution in [2.75, 3.05) is 0 Å². The number of esters is 2. The number of ether oxygens (including phenoxy) is 1. The van der Waals surface area contributed by atoms with Crippen LogP contribution in [0.5, 0.6) is 0 Å². The van der Waals surface area contributed by atoms with Crippen LogP contribution < -0.4 is 0 Å². The zero-order valence-corrected chi connectivity index (χ0v) is 12.7. The van der Waals surface area contributed by atoms with Crippen molar-refractivity contribution in [2.24, 2.45) is 23.7 Å². The highest BCUT2D eigenvalue weighted by Crippen LogP contribution is 2.27. The molecule has 0 aromatic carbocycles. The Balaban J connectivity index is 2.53. The van der Waals surface area contributed by atoms with Gasteiger partial charge in [-0.3, -0.25) is 9.59 Å². The lowest BCUT2D eigenvalue weighted by Crippen LogP contribution is -2.11. The molecule has 0 aromatic heterocycles. The summed E-state index contributed by atoms with van der Waals surface area (Å²) in [6.07, 6.45) is 4.67. The summed E-state index contributed by atoms with van der Waals surface area (Å²) in [6.45, 7) is 10.8. The summed E-state index contributed by atoms with van der Waals surface area (Å²) in [5.74, 6) is 0.684. The lowest BCUT2D eigenvalue weighted by atomic mass is 9.87. The van der Waals surface area contributed by atoms with Crippen LogP contribution >= 0.6 is 0 Å². The van der Waals surface area contributed by atoms with Gasteiger partial charge in [-0.15, -0.1) is 0 Å². The fraction of sp³-hybridized carbons (Fsp3) is 0.750. The smallest absolute Gasteiger partial charge is 0.321 e. The van der Waals surface area contributed by atoms with Gasteiger partial charge in [0.05, 0.1) is 12.3 Å². The van der Waals surface area contributed by atoms with Gasteiger partial charge in [0.2, 0.25) is 0 Å². The zero-order valence-electron chi connectivity index (χ0n) is 12.7. The second kappa shape index (κ2) is 6.88. The van der Waals surface area contributed by atoms with Gasteiger partial charge in [0.1, 0.15) is 0 Å². The van der Waals surface area contributed by atoms with Crippen molar-refractivity contribution in [2.45, 2.75) is 53.9 Å². The summed E-state index contributed by atoms with van der Waals surface area (Å²) >= 11 is 0. The van der Waals surface area contributed by atoms with Gasteiger partial charge in [-0.2, -0.15) is 0 Å². The van der Waals surface area contributed by atoms with E-state index in [1.165, 1.54) is 6.42 Å². The van der Waals surface area contributed by atoms with Gasteiger partial charge < -0.3 is 4.74 Å². The minimum atomic E-state index is -0.399. The molecule has 1 aliphatic rings. The molecule has 0 aliphatic carbocycles. The Kier molecular flexibility index (Phi) is 5.77. The molecule has 0 spiro atoms. The normalized spacial score (nSPS) is 23.7. The van der Waals surface area contributed by atoms with E-state index in [4.69, 9.17) is 0 Å². The maximum Gasteiger partial charge on any atom is 0.321 e. The van der Waals surface area contributed by atoms with Gasteiger partial charge in [0.15, 0.2) is 0 Å². The number of hydrogen-bond acceptors (Lipinski definition) is 3. The van der Waals surface area contributed by atoms with E-state index in [0.717, 1.165) is 17.9 Å². The van der Waals surface area contributed by atoms with Crippen LogP contribution in [-0.4, -0.2) is 11.9 Å². The lowest BCUT2D eigenvalue weighted by molar-refractivity contribution is -0.152. The highest BCUT2D eigenvalue weighted by molar-refractivity contribution is 5.96. The summed E-state index contributed by atoms with van der Waals surface area (Å²) in [4.78, 5) is 22.6. The number of carbonyl (C=O) groups excluding carboxylic acids is 2. The predicted molar refractivity (Wildman–Crippen MR) is 75.4 cm³/mol. The Morgan fingerprint density at radius 1 is 1.26 bits per heavy atom. The highest BCUT2D eigenvalue weighted by Gasteiger charge is 2.34. The number of carbonyl (C=O) groups is 2. The average molecular weight is 266 g/mol. The minimum absolute atomic E-state index is 0.204. The molecule has 3 atom stereocenters. The first-order valence-corrected chi connectivity index (χ1v) is 7.22. The third kappa shape index (κ3) is 5.17.